The van der Waals surface area contributed by atoms with E-state index in [2.05, 4.69) is 15.7 Å². The molecule has 2 heterocycles. The molecule has 0 radical (unpaired) electrons. The molecule has 0 unspecified atom stereocenters. The van der Waals surface area contributed by atoms with Gasteiger partial charge in [-0.15, -0.1) is 0 Å². The number of nitrogens with one attached hydrogen (secondary N) is 2. The van der Waals surface area contributed by atoms with Gasteiger partial charge in [0.1, 0.15) is 11.5 Å². The van der Waals surface area contributed by atoms with Gasteiger partial charge in [-0.25, -0.2) is 13.9 Å². The number of hydrogen-bond acceptors (Lipinski definition) is 4. The Morgan fingerprint density at radius 2 is 1.96 bits per heavy atom. The molecule has 0 saturated carbocycles. The molecular formula is C17H15FN4O3. The molecule has 0 saturated heterocycles. The first kappa shape index (κ1) is 16.4. The maximum Gasteiger partial charge on any atom is 0.319 e. The number of benzene rings is 1. The average molecular weight is 342 g/mol. The Hall–Kier alpha value is -3.42. The summed E-state index contributed by atoms with van der Waals surface area (Å²) in [5.41, 5.74) is 0.713. The Morgan fingerprint density at radius 3 is 2.68 bits per heavy atom. The van der Waals surface area contributed by atoms with Crippen molar-refractivity contribution in [2.24, 2.45) is 0 Å². The fourth-order valence-corrected chi connectivity index (χ4v) is 2.15. The first-order valence-electron chi connectivity index (χ1n) is 7.54. The van der Waals surface area contributed by atoms with Crippen LogP contribution in [0.3, 0.4) is 0 Å². The first-order chi connectivity index (χ1) is 12.1. The molecule has 128 valence electrons. The lowest BCUT2D eigenvalue weighted by Crippen LogP contribution is -2.34. The van der Waals surface area contributed by atoms with Crippen molar-refractivity contribution in [3.8, 4) is 11.5 Å². The zero-order valence-electron chi connectivity index (χ0n) is 13.1. The molecule has 0 aliphatic carbocycles. The van der Waals surface area contributed by atoms with E-state index in [1.165, 1.54) is 41.3 Å². The Morgan fingerprint density at radius 1 is 1.16 bits per heavy atom. The van der Waals surface area contributed by atoms with E-state index >= 15 is 0 Å². The molecule has 3 rings (SSSR count). The summed E-state index contributed by atoms with van der Waals surface area (Å²) < 4.78 is 19.3. The number of furan rings is 1. The first-order valence-corrected chi connectivity index (χ1v) is 7.54. The minimum Gasteiger partial charge on any atom is -0.463 e. The molecule has 0 aliphatic heterocycles. The lowest BCUT2D eigenvalue weighted by atomic mass is 10.3. The molecule has 0 fully saturated rings. The van der Waals surface area contributed by atoms with Crippen LogP contribution in [0.5, 0.6) is 0 Å². The second-order valence-electron chi connectivity index (χ2n) is 5.15. The van der Waals surface area contributed by atoms with Crippen LogP contribution in [-0.2, 0) is 6.54 Å². The molecule has 2 N–H and O–H groups in total. The van der Waals surface area contributed by atoms with Crippen LogP contribution in [0.25, 0.3) is 11.5 Å². The quantitative estimate of drug-likeness (QED) is 0.745. The van der Waals surface area contributed by atoms with E-state index in [1.807, 2.05) is 0 Å². The maximum absolute atomic E-state index is 12.8. The Labute approximate surface area is 142 Å². The van der Waals surface area contributed by atoms with E-state index in [9.17, 15) is 14.0 Å². The summed E-state index contributed by atoms with van der Waals surface area (Å²) >= 11 is 0. The zero-order valence-corrected chi connectivity index (χ0v) is 13.1. The van der Waals surface area contributed by atoms with Crippen molar-refractivity contribution in [2.45, 2.75) is 6.54 Å². The molecular weight excluding hydrogens is 327 g/mol. The van der Waals surface area contributed by atoms with Gasteiger partial charge < -0.3 is 15.1 Å². The van der Waals surface area contributed by atoms with Gasteiger partial charge in [0.15, 0.2) is 5.76 Å². The number of urea groups is 1. The molecule has 2 amide bonds. The van der Waals surface area contributed by atoms with Crippen molar-refractivity contribution < 1.29 is 13.6 Å². The van der Waals surface area contributed by atoms with Crippen molar-refractivity contribution >= 4 is 11.7 Å². The van der Waals surface area contributed by atoms with Gasteiger partial charge in [-0.05, 0) is 42.5 Å². The second kappa shape index (κ2) is 7.43. The number of carbonyl (C=O) groups is 1. The lowest BCUT2D eigenvalue weighted by Gasteiger charge is -2.09. The predicted octanol–water partition coefficient (Wildman–Crippen LogP) is 2.46. The van der Waals surface area contributed by atoms with E-state index in [0.717, 1.165) is 0 Å². The molecule has 1 aromatic carbocycles. The van der Waals surface area contributed by atoms with E-state index in [0.29, 0.717) is 17.1 Å². The monoisotopic (exact) mass is 342 g/mol. The lowest BCUT2D eigenvalue weighted by molar-refractivity contribution is 0.251. The summed E-state index contributed by atoms with van der Waals surface area (Å²) in [5, 5.41) is 9.38. The van der Waals surface area contributed by atoms with E-state index in [4.69, 9.17) is 4.42 Å². The number of anilines is 1. The molecule has 25 heavy (non-hydrogen) atoms. The van der Waals surface area contributed by atoms with Gasteiger partial charge in [-0.1, -0.05) is 0 Å². The molecule has 0 aliphatic rings. The smallest absolute Gasteiger partial charge is 0.319 e. The minimum atomic E-state index is -0.457. The van der Waals surface area contributed by atoms with E-state index in [-0.39, 0.29) is 24.5 Å². The third kappa shape index (κ3) is 4.31. The summed E-state index contributed by atoms with van der Waals surface area (Å²) in [6, 6.07) is 11.4. The van der Waals surface area contributed by atoms with Crippen LogP contribution in [-0.4, -0.2) is 22.4 Å². The van der Waals surface area contributed by atoms with Gasteiger partial charge in [0.2, 0.25) is 0 Å². The third-order valence-electron chi connectivity index (χ3n) is 3.35. The van der Waals surface area contributed by atoms with Crippen molar-refractivity contribution in [1.29, 1.82) is 0 Å². The largest absolute Gasteiger partial charge is 0.463 e. The van der Waals surface area contributed by atoms with Crippen LogP contribution < -0.4 is 16.2 Å². The second-order valence-corrected chi connectivity index (χ2v) is 5.15. The van der Waals surface area contributed by atoms with Crippen molar-refractivity contribution in [1.82, 2.24) is 15.1 Å². The maximum atomic E-state index is 12.8. The highest BCUT2D eigenvalue weighted by Crippen LogP contribution is 2.14. The molecule has 0 spiro atoms. The van der Waals surface area contributed by atoms with Gasteiger partial charge >= 0.3 is 6.03 Å². The highest BCUT2D eigenvalue weighted by Gasteiger charge is 2.06. The Bertz CT molecular complexity index is 904. The third-order valence-corrected chi connectivity index (χ3v) is 3.35. The molecule has 0 bridgehead atoms. The number of hydrogen-bond donors (Lipinski definition) is 2. The molecule has 8 heteroatoms. The van der Waals surface area contributed by atoms with E-state index < -0.39 is 6.03 Å². The highest BCUT2D eigenvalue weighted by molar-refractivity contribution is 5.89. The van der Waals surface area contributed by atoms with Crippen molar-refractivity contribution in [3.63, 3.8) is 0 Å². The highest BCUT2D eigenvalue weighted by atomic mass is 19.1. The zero-order chi connectivity index (χ0) is 17.6. The standard InChI is InChI=1S/C17H15FN4O3/c18-12-3-5-13(6-4-12)20-17(24)19-9-10-22-16(23)8-7-14(21-22)15-2-1-11-25-15/h1-8,11H,9-10H2,(H2,19,20,24). The van der Waals surface area contributed by atoms with Gasteiger partial charge in [-0.3, -0.25) is 4.79 Å². The van der Waals surface area contributed by atoms with Crippen molar-refractivity contribution in [3.05, 3.63) is 71.0 Å². The van der Waals surface area contributed by atoms with Crippen LogP contribution in [0.1, 0.15) is 0 Å². The summed E-state index contributed by atoms with van der Waals surface area (Å²) in [5.74, 6) is 0.170. The van der Waals surface area contributed by atoms with Crippen LogP contribution in [0, 0.1) is 5.82 Å². The summed E-state index contributed by atoms with van der Waals surface area (Å²) in [6.45, 7) is 0.395. The number of aromatic nitrogens is 2. The van der Waals surface area contributed by atoms with E-state index in [1.54, 1.807) is 18.2 Å². The molecule has 3 aromatic rings. The van der Waals surface area contributed by atoms with Gasteiger partial charge in [-0.2, -0.15) is 5.10 Å². The Kier molecular flexibility index (Phi) is 4.89. The predicted molar refractivity (Wildman–Crippen MR) is 89.6 cm³/mol. The van der Waals surface area contributed by atoms with Crippen LogP contribution >= 0.6 is 0 Å². The normalized spacial score (nSPS) is 10.4. The fraction of sp³-hybridized carbons (Fsp3) is 0.118. The summed E-state index contributed by atoms with van der Waals surface area (Å²) in [6.07, 6.45) is 1.52. The summed E-state index contributed by atoms with van der Waals surface area (Å²) in [7, 11) is 0. The minimum absolute atomic E-state index is 0.196. The number of amides is 2. The topological polar surface area (TPSA) is 89.2 Å². The van der Waals surface area contributed by atoms with Gasteiger partial charge in [0.25, 0.3) is 5.56 Å². The Balaban J connectivity index is 1.56. The van der Waals surface area contributed by atoms with Gasteiger partial charge in [0.05, 0.1) is 12.8 Å². The molecule has 7 nitrogen and oxygen atoms in total. The van der Waals surface area contributed by atoms with Crippen LogP contribution in [0.4, 0.5) is 14.9 Å². The fourth-order valence-electron chi connectivity index (χ4n) is 2.15. The van der Waals surface area contributed by atoms with Crippen molar-refractivity contribution in [2.75, 3.05) is 11.9 Å². The average Bonchev–Trinajstić information content (AvgIpc) is 3.13. The SMILES string of the molecule is O=C(NCCn1nc(-c2ccco2)ccc1=O)Nc1ccc(F)cc1. The summed E-state index contributed by atoms with van der Waals surface area (Å²) in [4.78, 5) is 23.6. The number of nitrogens with zero attached hydrogens (tertiary/aromatic N) is 2. The molecule has 2 aromatic heterocycles. The van der Waals surface area contributed by atoms with Crippen LogP contribution in [0.15, 0.2) is 64.0 Å². The number of rotatable bonds is 5. The van der Waals surface area contributed by atoms with Gasteiger partial charge in [0, 0.05) is 18.3 Å². The molecule has 0 atom stereocenters. The number of halogens is 1. The van der Waals surface area contributed by atoms with Crippen LogP contribution in [0.2, 0.25) is 0 Å². The number of carbonyl (C=O) groups excluding carboxylic acids is 1.